The lowest BCUT2D eigenvalue weighted by atomic mass is 9.64. The number of nitrogens with one attached hydrogen (secondary N) is 4. The van der Waals surface area contributed by atoms with Crippen LogP contribution in [0.15, 0.2) is 35.6 Å². The van der Waals surface area contributed by atoms with Gasteiger partial charge in [0.25, 0.3) is 17.4 Å². The van der Waals surface area contributed by atoms with Gasteiger partial charge in [0.05, 0.1) is 12.5 Å². The van der Waals surface area contributed by atoms with Crippen molar-refractivity contribution in [3.8, 4) is 0 Å². The zero-order chi connectivity index (χ0) is 30.4. The van der Waals surface area contributed by atoms with Crippen LogP contribution in [0.3, 0.4) is 0 Å². The van der Waals surface area contributed by atoms with Crippen molar-refractivity contribution in [2.45, 2.75) is 76.4 Å². The highest BCUT2D eigenvalue weighted by atomic mass is 16.2. The third-order valence-electron chi connectivity index (χ3n) is 8.23. The Hall–Kier alpha value is -4.29. The Morgan fingerprint density at radius 2 is 1.98 bits per heavy atom. The molecular formula is C29H39N7O6. The van der Waals surface area contributed by atoms with Crippen LogP contribution in [-0.2, 0) is 32.8 Å². The molecule has 4 amide bonds. The molecule has 0 radical (unpaired) electrons. The van der Waals surface area contributed by atoms with Gasteiger partial charge in [-0.3, -0.25) is 28.8 Å². The molecule has 2 heterocycles. The van der Waals surface area contributed by atoms with E-state index in [1.165, 1.54) is 53.8 Å². The zero-order valence-corrected chi connectivity index (χ0v) is 24.3. The van der Waals surface area contributed by atoms with Crippen molar-refractivity contribution in [2.24, 2.45) is 18.9 Å². The summed E-state index contributed by atoms with van der Waals surface area (Å²) >= 11 is 0. The summed E-state index contributed by atoms with van der Waals surface area (Å²) in [5, 5.41) is 10.5. The van der Waals surface area contributed by atoms with Gasteiger partial charge in [-0.15, -0.1) is 0 Å². The number of carbonyl (C=O) groups is 5. The summed E-state index contributed by atoms with van der Waals surface area (Å²) in [5.74, 6) is -2.06. The van der Waals surface area contributed by atoms with E-state index in [-0.39, 0.29) is 42.2 Å². The van der Waals surface area contributed by atoms with E-state index in [9.17, 15) is 28.8 Å². The number of fused-ring (bicyclic) bond motifs is 2. The molecule has 13 heteroatoms. The molecule has 2 aromatic rings. The molecule has 226 valence electrons. The predicted octanol–water partition coefficient (Wildman–Crippen LogP) is 0.889. The predicted molar refractivity (Wildman–Crippen MR) is 153 cm³/mol. The van der Waals surface area contributed by atoms with E-state index >= 15 is 0 Å². The summed E-state index contributed by atoms with van der Waals surface area (Å²) in [5.41, 5.74) is -0.738. The molecule has 2 bridgehead atoms. The third-order valence-corrected chi connectivity index (χ3v) is 8.23. The molecule has 0 aromatic carbocycles. The van der Waals surface area contributed by atoms with E-state index in [1.807, 2.05) is 0 Å². The molecule has 0 aliphatic heterocycles. The topological polar surface area (TPSA) is 173 Å². The van der Waals surface area contributed by atoms with Gasteiger partial charge < -0.3 is 30.4 Å². The molecule has 42 heavy (non-hydrogen) atoms. The third kappa shape index (κ3) is 7.31. The number of ketones is 1. The highest BCUT2D eigenvalue weighted by Gasteiger charge is 2.42. The maximum atomic E-state index is 13.3. The van der Waals surface area contributed by atoms with Gasteiger partial charge in [-0.05, 0) is 56.1 Å². The lowest BCUT2D eigenvalue weighted by molar-refractivity contribution is -0.137. The van der Waals surface area contributed by atoms with Gasteiger partial charge in [-0.2, -0.15) is 0 Å². The quantitative estimate of drug-likeness (QED) is 0.285. The number of Topliss-reactive ketones (excluding diaryl/α,β-unsaturated/α-hetero) is 1. The molecule has 2 aliphatic rings. The summed E-state index contributed by atoms with van der Waals surface area (Å²) in [4.78, 5) is 80.0. The molecule has 0 saturated heterocycles. The summed E-state index contributed by atoms with van der Waals surface area (Å²) in [6.07, 6.45) is 9.98. The molecular weight excluding hydrogens is 542 g/mol. The summed E-state index contributed by atoms with van der Waals surface area (Å²) < 4.78 is 2.69. The van der Waals surface area contributed by atoms with Gasteiger partial charge in [0.15, 0.2) is 0 Å². The Morgan fingerprint density at radius 3 is 2.69 bits per heavy atom. The van der Waals surface area contributed by atoms with Crippen LogP contribution < -0.4 is 26.8 Å². The largest absolute Gasteiger partial charge is 0.353 e. The smallest absolute Gasteiger partial charge is 0.287 e. The molecule has 4 atom stereocenters. The number of carbonyl (C=O) groups excluding carboxylic acids is 5. The Kier molecular flexibility index (Phi) is 9.59. The standard InChI is InChI=1S/C29H39N7O6/c1-18-12-19-6-4-10-29(13-18,14-19)34-24(38)16-36-11-5-7-21(28(36)42)33-25(39)20(8-9-23(37)27(41)30-2)32-26(40)22-15-31-17-35(22)3/h5,7,11,15,17-20H,4,6,8-10,12-14,16H2,1-3H3,(H,30,41)(H,32,40)(H,33,39)(H,34,38). The second-order valence-electron chi connectivity index (χ2n) is 11.6. The van der Waals surface area contributed by atoms with Crippen LogP contribution in [0, 0.1) is 11.8 Å². The summed E-state index contributed by atoms with van der Waals surface area (Å²) in [6.45, 7) is 2.01. The molecule has 4 N–H and O–H groups in total. The fourth-order valence-corrected chi connectivity index (χ4v) is 6.43. The van der Waals surface area contributed by atoms with Crippen LogP contribution in [0.5, 0.6) is 0 Å². The SMILES string of the molecule is CNC(=O)C(=O)CCC(NC(=O)c1cncn1C)C(=O)Nc1cccn(CC(=O)NC23CCCC(CC(C)C2)C3)c1=O. The van der Waals surface area contributed by atoms with E-state index in [4.69, 9.17) is 0 Å². The van der Waals surface area contributed by atoms with Gasteiger partial charge >= 0.3 is 0 Å². The zero-order valence-electron chi connectivity index (χ0n) is 24.3. The lowest BCUT2D eigenvalue weighted by Crippen LogP contribution is -2.55. The second-order valence-corrected chi connectivity index (χ2v) is 11.6. The van der Waals surface area contributed by atoms with Gasteiger partial charge in [0.1, 0.15) is 24.0 Å². The van der Waals surface area contributed by atoms with E-state index in [1.54, 1.807) is 13.1 Å². The molecule has 2 saturated carbocycles. The van der Waals surface area contributed by atoms with Crippen molar-refractivity contribution in [3.63, 3.8) is 0 Å². The summed E-state index contributed by atoms with van der Waals surface area (Å²) in [7, 11) is 2.92. The maximum Gasteiger partial charge on any atom is 0.287 e. The van der Waals surface area contributed by atoms with Crippen molar-refractivity contribution >= 4 is 35.1 Å². The Labute approximate surface area is 243 Å². The fraction of sp³-hybridized carbons (Fsp3) is 0.552. The van der Waals surface area contributed by atoms with Crippen molar-refractivity contribution < 1.29 is 24.0 Å². The molecule has 4 unspecified atom stereocenters. The van der Waals surface area contributed by atoms with Crippen LogP contribution in [0.1, 0.15) is 68.8 Å². The van der Waals surface area contributed by atoms with Crippen LogP contribution in [0.4, 0.5) is 5.69 Å². The average Bonchev–Trinajstić information content (AvgIpc) is 3.37. The normalized spacial score (nSPS) is 22.0. The maximum absolute atomic E-state index is 13.3. The number of nitrogens with zero attached hydrogens (tertiary/aromatic N) is 3. The van der Waals surface area contributed by atoms with Gasteiger partial charge in [-0.1, -0.05) is 19.8 Å². The molecule has 0 spiro atoms. The van der Waals surface area contributed by atoms with Gasteiger partial charge in [0, 0.05) is 32.3 Å². The van der Waals surface area contributed by atoms with Crippen molar-refractivity contribution in [2.75, 3.05) is 12.4 Å². The summed E-state index contributed by atoms with van der Waals surface area (Å²) in [6, 6.07) is 1.70. The molecule has 2 fully saturated rings. The number of anilines is 1. The first kappa shape index (κ1) is 30.7. The fourth-order valence-electron chi connectivity index (χ4n) is 6.43. The van der Waals surface area contributed by atoms with Crippen molar-refractivity contribution in [1.82, 2.24) is 30.1 Å². The Bertz CT molecular complexity index is 1410. The number of aryl methyl sites for hydroxylation is 1. The van der Waals surface area contributed by atoms with E-state index in [0.29, 0.717) is 11.8 Å². The molecule has 4 rings (SSSR count). The Balaban J connectivity index is 1.45. The Morgan fingerprint density at radius 1 is 1.19 bits per heavy atom. The number of hydrogen-bond acceptors (Lipinski definition) is 7. The molecule has 2 aromatic heterocycles. The van der Waals surface area contributed by atoms with Crippen molar-refractivity contribution in [3.05, 3.63) is 46.9 Å². The molecule has 2 aliphatic carbocycles. The first-order chi connectivity index (χ1) is 20.0. The monoisotopic (exact) mass is 581 g/mol. The number of aromatic nitrogens is 3. The first-order valence-electron chi connectivity index (χ1n) is 14.3. The number of rotatable bonds is 11. The highest BCUT2D eigenvalue weighted by molar-refractivity contribution is 6.36. The molecule has 13 nitrogen and oxygen atoms in total. The average molecular weight is 582 g/mol. The van der Waals surface area contributed by atoms with E-state index in [2.05, 4.69) is 33.2 Å². The number of imidazole rings is 1. The van der Waals surface area contributed by atoms with Crippen molar-refractivity contribution in [1.29, 1.82) is 0 Å². The number of pyridine rings is 1. The number of hydrogen-bond donors (Lipinski definition) is 4. The minimum atomic E-state index is -1.25. The van der Waals surface area contributed by atoms with Gasteiger partial charge in [0.2, 0.25) is 17.6 Å². The van der Waals surface area contributed by atoms with Crippen LogP contribution in [-0.4, -0.2) is 62.2 Å². The van der Waals surface area contributed by atoms with Gasteiger partial charge in [-0.25, -0.2) is 4.98 Å². The minimum absolute atomic E-state index is 0.0881. The van der Waals surface area contributed by atoms with E-state index < -0.39 is 35.1 Å². The number of amides is 4. The minimum Gasteiger partial charge on any atom is -0.353 e. The second kappa shape index (κ2) is 13.1. The van der Waals surface area contributed by atoms with Crippen LogP contribution in [0.25, 0.3) is 0 Å². The van der Waals surface area contributed by atoms with Crippen LogP contribution in [0.2, 0.25) is 0 Å². The van der Waals surface area contributed by atoms with Crippen LogP contribution >= 0.6 is 0 Å². The first-order valence-corrected chi connectivity index (χ1v) is 14.3. The number of likely N-dealkylation sites (N-methyl/N-ethyl adjacent to an activating group) is 1. The van der Waals surface area contributed by atoms with E-state index in [0.717, 1.165) is 25.7 Å². The lowest BCUT2D eigenvalue weighted by Gasteiger charge is -2.48. The highest BCUT2D eigenvalue weighted by Crippen LogP contribution is 2.45.